The van der Waals surface area contributed by atoms with Gasteiger partial charge >= 0.3 is 6.18 Å². The first-order valence-corrected chi connectivity index (χ1v) is 6.14. The van der Waals surface area contributed by atoms with E-state index < -0.39 is 11.7 Å². The van der Waals surface area contributed by atoms with Crippen LogP contribution in [0.25, 0.3) is 0 Å². The molecule has 1 heterocycles. The van der Waals surface area contributed by atoms with Crippen LogP contribution >= 0.6 is 0 Å². The van der Waals surface area contributed by atoms with Crippen LogP contribution in [0.2, 0.25) is 0 Å². The lowest BCUT2D eigenvalue weighted by Crippen LogP contribution is -2.45. The number of nitrogen functional groups attached to an aromatic ring is 1. The summed E-state index contributed by atoms with van der Waals surface area (Å²) in [4.78, 5) is 1.88. The molecular formula is C13H17F3N2O. The molecule has 0 unspecified atom stereocenters. The molecule has 1 fully saturated rings. The van der Waals surface area contributed by atoms with Gasteiger partial charge in [-0.25, -0.2) is 0 Å². The minimum Gasteiger partial charge on any atom is -0.399 e. The highest BCUT2D eigenvalue weighted by molar-refractivity contribution is 5.59. The van der Waals surface area contributed by atoms with E-state index >= 15 is 0 Å². The van der Waals surface area contributed by atoms with Crippen LogP contribution in [0.5, 0.6) is 0 Å². The van der Waals surface area contributed by atoms with Gasteiger partial charge in [-0.05, 0) is 32.0 Å². The predicted octanol–water partition coefficient (Wildman–Crippen LogP) is 2.90. The fraction of sp³-hybridized carbons (Fsp3) is 0.538. The summed E-state index contributed by atoms with van der Waals surface area (Å²) >= 11 is 0. The van der Waals surface area contributed by atoms with Crippen LogP contribution in [0, 0.1) is 0 Å². The largest absolute Gasteiger partial charge is 0.416 e. The highest BCUT2D eigenvalue weighted by Gasteiger charge is 2.32. The average Bonchev–Trinajstić information content (AvgIpc) is 2.25. The molecule has 2 rings (SSSR count). The highest BCUT2D eigenvalue weighted by atomic mass is 19.4. The Labute approximate surface area is 110 Å². The topological polar surface area (TPSA) is 38.5 Å². The molecule has 1 aliphatic heterocycles. The van der Waals surface area contributed by atoms with Crippen molar-refractivity contribution >= 4 is 11.4 Å². The lowest BCUT2D eigenvalue weighted by molar-refractivity contribution is -0.137. The SMILES string of the molecule is C[C@@H]1CN(c2cc(N)cc(C(F)(F)F)c2)C[C@@H](C)O1. The van der Waals surface area contributed by atoms with Crippen molar-refractivity contribution in [2.24, 2.45) is 0 Å². The van der Waals surface area contributed by atoms with E-state index in [9.17, 15) is 13.2 Å². The van der Waals surface area contributed by atoms with Crippen molar-refractivity contribution in [3.63, 3.8) is 0 Å². The van der Waals surface area contributed by atoms with Gasteiger partial charge in [0.1, 0.15) is 0 Å². The van der Waals surface area contributed by atoms with Crippen LogP contribution in [-0.4, -0.2) is 25.3 Å². The standard InChI is InChI=1S/C13H17F3N2O/c1-8-6-18(7-9(2)19-8)12-4-10(13(14,15)16)3-11(17)5-12/h3-5,8-9H,6-7,17H2,1-2H3/t8-,9-/m1/s1. The molecule has 0 radical (unpaired) electrons. The lowest BCUT2D eigenvalue weighted by Gasteiger charge is -2.37. The van der Waals surface area contributed by atoms with Gasteiger partial charge in [0.2, 0.25) is 0 Å². The third-order valence-electron chi connectivity index (χ3n) is 3.05. The molecular weight excluding hydrogens is 257 g/mol. The second kappa shape index (κ2) is 4.92. The number of halogens is 3. The summed E-state index contributed by atoms with van der Waals surface area (Å²) < 4.78 is 43.9. The second-order valence-corrected chi connectivity index (χ2v) is 4.97. The van der Waals surface area contributed by atoms with Gasteiger partial charge in [0, 0.05) is 24.5 Å². The second-order valence-electron chi connectivity index (χ2n) is 4.97. The maximum absolute atomic E-state index is 12.8. The molecule has 2 N–H and O–H groups in total. The molecule has 1 aliphatic rings. The van der Waals surface area contributed by atoms with Crippen molar-refractivity contribution in [1.29, 1.82) is 0 Å². The van der Waals surface area contributed by atoms with Crippen LogP contribution in [0.3, 0.4) is 0 Å². The van der Waals surface area contributed by atoms with Crippen molar-refractivity contribution in [2.75, 3.05) is 23.7 Å². The summed E-state index contributed by atoms with van der Waals surface area (Å²) in [6.07, 6.45) is -4.41. The fourth-order valence-electron chi connectivity index (χ4n) is 2.37. The van der Waals surface area contributed by atoms with Gasteiger partial charge < -0.3 is 15.4 Å². The van der Waals surface area contributed by atoms with Crippen LogP contribution in [-0.2, 0) is 10.9 Å². The number of alkyl halides is 3. The van der Waals surface area contributed by atoms with E-state index in [1.54, 1.807) is 6.07 Å². The number of nitrogens with zero attached hydrogens (tertiary/aromatic N) is 1. The van der Waals surface area contributed by atoms with Gasteiger partial charge in [-0.15, -0.1) is 0 Å². The van der Waals surface area contributed by atoms with Gasteiger partial charge in [0.15, 0.2) is 0 Å². The van der Waals surface area contributed by atoms with Gasteiger partial charge in [0.05, 0.1) is 17.8 Å². The van der Waals surface area contributed by atoms with E-state index in [1.165, 1.54) is 0 Å². The Morgan fingerprint density at radius 1 is 1.16 bits per heavy atom. The number of benzene rings is 1. The van der Waals surface area contributed by atoms with E-state index in [1.807, 2.05) is 18.7 Å². The van der Waals surface area contributed by atoms with Crippen molar-refractivity contribution < 1.29 is 17.9 Å². The van der Waals surface area contributed by atoms with Crippen LogP contribution in [0.1, 0.15) is 19.4 Å². The molecule has 0 saturated carbocycles. The molecule has 1 saturated heterocycles. The quantitative estimate of drug-likeness (QED) is 0.800. The molecule has 19 heavy (non-hydrogen) atoms. The van der Waals surface area contributed by atoms with E-state index in [0.717, 1.165) is 12.1 Å². The fourth-order valence-corrected chi connectivity index (χ4v) is 2.37. The first-order valence-electron chi connectivity index (χ1n) is 6.14. The normalized spacial score (nSPS) is 24.6. The van der Waals surface area contributed by atoms with Crippen molar-refractivity contribution in [2.45, 2.75) is 32.2 Å². The Hall–Kier alpha value is -1.43. The number of anilines is 2. The summed E-state index contributed by atoms with van der Waals surface area (Å²) in [6.45, 7) is 4.93. The van der Waals surface area contributed by atoms with Crippen molar-refractivity contribution in [3.05, 3.63) is 23.8 Å². The number of hydrogen-bond acceptors (Lipinski definition) is 3. The molecule has 0 aromatic heterocycles. The number of ether oxygens (including phenoxy) is 1. The van der Waals surface area contributed by atoms with Crippen LogP contribution < -0.4 is 10.6 Å². The van der Waals surface area contributed by atoms with E-state index in [-0.39, 0.29) is 17.9 Å². The maximum atomic E-state index is 12.8. The Kier molecular flexibility index (Phi) is 3.62. The van der Waals surface area contributed by atoms with E-state index in [0.29, 0.717) is 18.8 Å². The zero-order chi connectivity index (χ0) is 14.2. The van der Waals surface area contributed by atoms with Crippen LogP contribution in [0.15, 0.2) is 18.2 Å². The van der Waals surface area contributed by atoms with E-state index in [4.69, 9.17) is 10.5 Å². The number of rotatable bonds is 1. The van der Waals surface area contributed by atoms with Gasteiger partial charge in [-0.3, -0.25) is 0 Å². The number of hydrogen-bond donors (Lipinski definition) is 1. The molecule has 0 amide bonds. The molecule has 106 valence electrons. The van der Waals surface area contributed by atoms with Gasteiger partial charge in [0.25, 0.3) is 0 Å². The molecule has 3 nitrogen and oxygen atoms in total. The molecule has 2 atom stereocenters. The molecule has 1 aromatic carbocycles. The highest BCUT2D eigenvalue weighted by Crippen LogP contribution is 2.34. The van der Waals surface area contributed by atoms with Crippen LogP contribution in [0.4, 0.5) is 24.5 Å². The summed E-state index contributed by atoms with van der Waals surface area (Å²) in [5.74, 6) is 0. The van der Waals surface area contributed by atoms with Crippen molar-refractivity contribution in [1.82, 2.24) is 0 Å². The number of nitrogens with two attached hydrogens (primary N) is 1. The third-order valence-corrected chi connectivity index (χ3v) is 3.05. The monoisotopic (exact) mass is 274 g/mol. The summed E-state index contributed by atoms with van der Waals surface area (Å²) in [7, 11) is 0. The van der Waals surface area contributed by atoms with Crippen molar-refractivity contribution in [3.8, 4) is 0 Å². The zero-order valence-electron chi connectivity index (χ0n) is 10.9. The Balaban J connectivity index is 2.31. The summed E-state index contributed by atoms with van der Waals surface area (Å²) in [6, 6.07) is 3.66. The molecule has 1 aromatic rings. The van der Waals surface area contributed by atoms with Gasteiger partial charge in [-0.1, -0.05) is 0 Å². The molecule has 0 aliphatic carbocycles. The third kappa shape index (κ3) is 3.32. The average molecular weight is 274 g/mol. The molecule has 0 spiro atoms. The molecule has 6 heteroatoms. The minimum atomic E-state index is -4.38. The predicted molar refractivity (Wildman–Crippen MR) is 68.1 cm³/mol. The maximum Gasteiger partial charge on any atom is 0.416 e. The van der Waals surface area contributed by atoms with Gasteiger partial charge in [-0.2, -0.15) is 13.2 Å². The number of morpholine rings is 1. The minimum absolute atomic E-state index is 0.0143. The smallest absolute Gasteiger partial charge is 0.399 e. The lowest BCUT2D eigenvalue weighted by atomic mass is 10.1. The molecule has 0 bridgehead atoms. The summed E-state index contributed by atoms with van der Waals surface area (Å²) in [5.41, 5.74) is 5.48. The first-order chi connectivity index (χ1) is 8.75. The Bertz CT molecular complexity index is 452. The first kappa shape index (κ1) is 14.0. The Morgan fingerprint density at radius 3 is 2.26 bits per heavy atom. The Morgan fingerprint density at radius 2 is 1.74 bits per heavy atom. The van der Waals surface area contributed by atoms with E-state index in [2.05, 4.69) is 0 Å². The zero-order valence-corrected chi connectivity index (χ0v) is 10.9. The summed E-state index contributed by atoms with van der Waals surface area (Å²) in [5, 5.41) is 0.